The van der Waals surface area contributed by atoms with Crippen molar-refractivity contribution in [1.82, 2.24) is 10.2 Å². The number of benzene rings is 1. The van der Waals surface area contributed by atoms with Gasteiger partial charge in [-0.15, -0.1) is 0 Å². The van der Waals surface area contributed by atoms with E-state index in [1.54, 1.807) is 43.5 Å². The molecule has 4 amide bonds. The number of hydrogen-bond acceptors (Lipinski definition) is 4. The van der Waals surface area contributed by atoms with Gasteiger partial charge in [0.1, 0.15) is 12.1 Å². The Bertz CT molecular complexity index is 853. The average Bonchev–Trinajstić information content (AvgIpc) is 3.17. The molecule has 0 spiro atoms. The van der Waals surface area contributed by atoms with E-state index in [1.807, 2.05) is 5.38 Å². The Balaban J connectivity index is 1.74. The third kappa shape index (κ3) is 3.12. The third-order valence-corrected chi connectivity index (χ3v) is 5.31. The predicted octanol–water partition coefficient (Wildman–Crippen LogP) is 3.12. The summed E-state index contributed by atoms with van der Waals surface area (Å²) in [5.74, 6) is -0.919. The van der Waals surface area contributed by atoms with Crippen molar-refractivity contribution < 1.29 is 14.4 Å². The number of nitrogens with one attached hydrogen (secondary N) is 2. The summed E-state index contributed by atoms with van der Waals surface area (Å²) in [6, 6.07) is 6.33. The van der Waals surface area contributed by atoms with E-state index in [4.69, 9.17) is 11.6 Å². The van der Waals surface area contributed by atoms with E-state index in [1.165, 1.54) is 11.3 Å². The van der Waals surface area contributed by atoms with Crippen molar-refractivity contribution in [3.05, 3.63) is 51.2 Å². The highest BCUT2D eigenvalue weighted by Gasteiger charge is 2.49. The predicted molar refractivity (Wildman–Crippen MR) is 96.7 cm³/mol. The first kappa shape index (κ1) is 17.4. The number of imide groups is 1. The van der Waals surface area contributed by atoms with Crippen LogP contribution in [0.5, 0.6) is 0 Å². The number of carbonyl (C=O) groups is 3. The van der Waals surface area contributed by atoms with Crippen LogP contribution in [0.25, 0.3) is 0 Å². The molecule has 3 rings (SSSR count). The van der Waals surface area contributed by atoms with Gasteiger partial charge < -0.3 is 10.6 Å². The molecule has 1 saturated heterocycles. The first-order valence-corrected chi connectivity index (χ1v) is 8.87. The van der Waals surface area contributed by atoms with Crippen molar-refractivity contribution in [2.45, 2.75) is 19.4 Å². The summed E-state index contributed by atoms with van der Waals surface area (Å²) in [5.41, 5.74) is 0.816. The number of urea groups is 1. The van der Waals surface area contributed by atoms with Crippen LogP contribution in [-0.4, -0.2) is 29.3 Å². The quantitative estimate of drug-likeness (QED) is 0.803. The second kappa shape index (κ2) is 6.50. The minimum Gasteiger partial charge on any atom is -0.324 e. The topological polar surface area (TPSA) is 78.5 Å². The van der Waals surface area contributed by atoms with E-state index in [9.17, 15) is 14.4 Å². The lowest BCUT2D eigenvalue weighted by Gasteiger charge is -2.20. The molecule has 2 aromatic rings. The summed E-state index contributed by atoms with van der Waals surface area (Å²) in [6.07, 6.45) is 0. The maximum atomic E-state index is 12.7. The molecule has 6 nitrogen and oxygen atoms in total. The standard InChI is InChI=1S/C17H16ClN3O3S/c1-10-12(18)4-3-5-13(10)19-14(22)8-21-15(23)17(2,20-16(21)24)11-6-7-25-9-11/h3-7,9H,8H2,1-2H3,(H,19,22)(H,20,24)/t17-/m0/s1. The number of thiophene rings is 1. The molecule has 0 saturated carbocycles. The van der Waals surface area contributed by atoms with E-state index in [-0.39, 0.29) is 6.54 Å². The Labute approximate surface area is 153 Å². The smallest absolute Gasteiger partial charge is 0.324 e. The van der Waals surface area contributed by atoms with Crippen molar-refractivity contribution in [3.8, 4) is 0 Å². The highest BCUT2D eigenvalue weighted by Crippen LogP contribution is 2.30. The molecule has 25 heavy (non-hydrogen) atoms. The fraction of sp³-hybridized carbons (Fsp3) is 0.235. The van der Waals surface area contributed by atoms with Crippen LogP contribution in [0.3, 0.4) is 0 Å². The van der Waals surface area contributed by atoms with E-state index in [0.29, 0.717) is 16.3 Å². The van der Waals surface area contributed by atoms with Gasteiger partial charge in [0.2, 0.25) is 5.91 Å². The number of rotatable bonds is 4. The van der Waals surface area contributed by atoms with E-state index in [2.05, 4.69) is 10.6 Å². The minimum atomic E-state index is -1.15. The molecule has 0 aliphatic carbocycles. The van der Waals surface area contributed by atoms with Crippen molar-refractivity contribution in [2.24, 2.45) is 0 Å². The van der Waals surface area contributed by atoms with E-state index < -0.39 is 23.4 Å². The summed E-state index contributed by atoms with van der Waals surface area (Å²) in [6.45, 7) is 3.05. The van der Waals surface area contributed by atoms with Gasteiger partial charge >= 0.3 is 6.03 Å². The molecule has 1 aromatic carbocycles. The number of amides is 4. The lowest BCUT2D eigenvalue weighted by molar-refractivity contribution is -0.133. The van der Waals surface area contributed by atoms with Crippen LogP contribution >= 0.6 is 22.9 Å². The van der Waals surface area contributed by atoms with E-state index >= 15 is 0 Å². The van der Waals surface area contributed by atoms with Crippen LogP contribution in [0.4, 0.5) is 10.5 Å². The first-order chi connectivity index (χ1) is 11.8. The second-order valence-electron chi connectivity index (χ2n) is 5.92. The number of halogens is 1. The first-order valence-electron chi connectivity index (χ1n) is 7.54. The Morgan fingerprint density at radius 1 is 1.36 bits per heavy atom. The van der Waals surface area contributed by atoms with Gasteiger partial charge in [0.25, 0.3) is 5.91 Å². The van der Waals surface area contributed by atoms with Gasteiger partial charge in [0, 0.05) is 10.7 Å². The zero-order valence-electron chi connectivity index (χ0n) is 13.6. The van der Waals surface area contributed by atoms with Gasteiger partial charge in [0.15, 0.2) is 0 Å². The molecule has 1 aliphatic rings. The molecule has 0 unspecified atom stereocenters. The Morgan fingerprint density at radius 2 is 2.12 bits per heavy atom. The summed E-state index contributed by atoms with van der Waals surface area (Å²) in [4.78, 5) is 38.1. The molecule has 130 valence electrons. The zero-order chi connectivity index (χ0) is 18.2. The molecule has 1 aliphatic heterocycles. The lowest BCUT2D eigenvalue weighted by Crippen LogP contribution is -2.41. The highest BCUT2D eigenvalue weighted by molar-refractivity contribution is 7.08. The molecule has 8 heteroatoms. The van der Waals surface area contributed by atoms with Crippen molar-refractivity contribution in [1.29, 1.82) is 0 Å². The molecule has 1 fully saturated rings. The van der Waals surface area contributed by atoms with Gasteiger partial charge in [0.05, 0.1) is 0 Å². The van der Waals surface area contributed by atoms with E-state index in [0.717, 1.165) is 10.5 Å². The molecular formula is C17H16ClN3O3S. The van der Waals surface area contributed by atoms with Crippen LogP contribution in [0.2, 0.25) is 5.02 Å². The highest BCUT2D eigenvalue weighted by atomic mass is 35.5. The molecular weight excluding hydrogens is 362 g/mol. The number of carbonyl (C=O) groups excluding carboxylic acids is 3. The van der Waals surface area contributed by atoms with Gasteiger partial charge in [-0.1, -0.05) is 17.7 Å². The SMILES string of the molecule is Cc1c(Cl)cccc1NC(=O)CN1C(=O)N[C@@](C)(c2ccsc2)C1=O. The van der Waals surface area contributed by atoms with Crippen LogP contribution in [0, 0.1) is 6.92 Å². The number of hydrogen-bond donors (Lipinski definition) is 2. The average molecular weight is 378 g/mol. The number of anilines is 1. The number of nitrogens with zero attached hydrogens (tertiary/aromatic N) is 1. The summed E-state index contributed by atoms with van der Waals surface area (Å²) in [5, 5.41) is 9.51. The van der Waals surface area contributed by atoms with Crippen molar-refractivity contribution in [3.63, 3.8) is 0 Å². The fourth-order valence-electron chi connectivity index (χ4n) is 2.66. The third-order valence-electron chi connectivity index (χ3n) is 4.22. The summed E-state index contributed by atoms with van der Waals surface area (Å²) < 4.78 is 0. The summed E-state index contributed by atoms with van der Waals surface area (Å²) in [7, 11) is 0. The molecule has 1 aromatic heterocycles. The monoisotopic (exact) mass is 377 g/mol. The molecule has 2 N–H and O–H groups in total. The molecule has 0 bridgehead atoms. The lowest BCUT2D eigenvalue weighted by atomic mass is 9.95. The Morgan fingerprint density at radius 3 is 2.80 bits per heavy atom. The Kier molecular flexibility index (Phi) is 4.53. The Hall–Kier alpha value is -2.38. The van der Waals surface area contributed by atoms with Crippen LogP contribution in [0.1, 0.15) is 18.1 Å². The van der Waals surface area contributed by atoms with Gasteiger partial charge in [-0.25, -0.2) is 4.79 Å². The maximum absolute atomic E-state index is 12.7. The van der Waals surface area contributed by atoms with Crippen molar-refractivity contribution in [2.75, 3.05) is 11.9 Å². The van der Waals surface area contributed by atoms with Crippen molar-refractivity contribution >= 4 is 46.5 Å². The normalized spacial score (nSPS) is 19.9. The minimum absolute atomic E-state index is 0.365. The second-order valence-corrected chi connectivity index (χ2v) is 7.11. The van der Waals surface area contributed by atoms with Crippen LogP contribution in [-0.2, 0) is 15.1 Å². The van der Waals surface area contributed by atoms with Gasteiger partial charge in [-0.2, -0.15) is 11.3 Å². The zero-order valence-corrected chi connectivity index (χ0v) is 15.2. The molecule has 0 radical (unpaired) electrons. The van der Waals surface area contributed by atoms with Crippen LogP contribution in [0.15, 0.2) is 35.0 Å². The molecule has 2 heterocycles. The largest absolute Gasteiger partial charge is 0.325 e. The van der Waals surface area contributed by atoms with Gasteiger partial charge in [-0.05, 0) is 53.9 Å². The molecule has 1 atom stereocenters. The van der Waals surface area contributed by atoms with Crippen LogP contribution < -0.4 is 10.6 Å². The van der Waals surface area contributed by atoms with Gasteiger partial charge in [-0.3, -0.25) is 14.5 Å². The fourth-order valence-corrected chi connectivity index (χ4v) is 3.60. The summed E-state index contributed by atoms with van der Waals surface area (Å²) >= 11 is 7.46. The maximum Gasteiger partial charge on any atom is 0.325 e.